The molecule has 0 unspecified atom stereocenters. The summed E-state index contributed by atoms with van der Waals surface area (Å²) in [4.78, 5) is 6.78. The van der Waals surface area contributed by atoms with E-state index in [-0.39, 0.29) is 0 Å². The predicted molar refractivity (Wildman–Crippen MR) is 97.3 cm³/mol. The summed E-state index contributed by atoms with van der Waals surface area (Å²) in [7, 11) is 0. The number of nitrogens with zero attached hydrogens (tertiary/aromatic N) is 4. The summed E-state index contributed by atoms with van der Waals surface area (Å²) in [6.45, 7) is 6.62. The van der Waals surface area contributed by atoms with Gasteiger partial charge in [0.1, 0.15) is 0 Å². The Morgan fingerprint density at radius 2 is 2.00 bits per heavy atom. The molecule has 1 aromatic heterocycles. The molecule has 0 spiro atoms. The average Bonchev–Trinajstić information content (AvgIpc) is 2.92. The number of aryl methyl sites for hydroxylation is 2. The summed E-state index contributed by atoms with van der Waals surface area (Å²) in [5.41, 5.74) is 10.5. The third kappa shape index (κ3) is 3.69. The summed E-state index contributed by atoms with van der Waals surface area (Å²) in [5, 5.41) is 4.58. The average molecular weight is 329 g/mol. The summed E-state index contributed by atoms with van der Waals surface area (Å²) < 4.78 is 1.98. The topological polar surface area (TPSA) is 59.4 Å². The molecule has 0 atom stereocenters. The van der Waals surface area contributed by atoms with Crippen LogP contribution in [0.4, 0.5) is 0 Å². The molecule has 0 bridgehead atoms. The van der Waals surface area contributed by atoms with Crippen molar-refractivity contribution < 1.29 is 0 Å². The Labute approximate surface area is 141 Å². The molecule has 2 N–H and O–H groups in total. The highest BCUT2D eigenvalue weighted by Gasteiger charge is 2.13. The molecule has 0 radical (unpaired) electrons. The first-order valence-electron chi connectivity index (χ1n) is 7.89. The largest absolute Gasteiger partial charge is 0.370 e. The van der Waals surface area contributed by atoms with Crippen LogP contribution in [0, 0.1) is 13.8 Å². The van der Waals surface area contributed by atoms with Crippen LogP contribution < -0.4 is 5.73 Å². The molecule has 6 heteroatoms. The highest BCUT2D eigenvalue weighted by Crippen LogP contribution is 2.18. The quantitative estimate of drug-likeness (QED) is 0.694. The fraction of sp³-hybridized carbons (Fsp3) is 0.412. The molecule has 1 saturated heterocycles. The number of hydrogen-bond donors (Lipinski definition) is 1. The van der Waals surface area contributed by atoms with E-state index in [0.29, 0.717) is 12.5 Å². The lowest BCUT2D eigenvalue weighted by Gasteiger charge is -2.27. The number of aliphatic imine (C=N–C) groups is 1. The Balaban J connectivity index is 1.82. The molecule has 0 saturated carbocycles. The SMILES string of the molecule is Cc1cc(C)n(-c2ccccc2CN=C(N)N2CCSCC2)n1. The van der Waals surface area contributed by atoms with E-state index in [0.717, 1.165) is 47.2 Å². The lowest BCUT2D eigenvalue weighted by atomic mass is 10.2. The van der Waals surface area contributed by atoms with Gasteiger partial charge in [0.05, 0.1) is 17.9 Å². The van der Waals surface area contributed by atoms with Gasteiger partial charge in [-0.05, 0) is 31.5 Å². The van der Waals surface area contributed by atoms with Crippen molar-refractivity contribution in [2.45, 2.75) is 20.4 Å². The standard InChI is InChI=1S/C17H23N5S/c1-13-11-14(2)22(20-13)16-6-4-3-5-15(16)12-19-17(18)21-7-9-23-10-8-21/h3-6,11H,7-10,12H2,1-2H3,(H2,18,19). The number of hydrogen-bond acceptors (Lipinski definition) is 3. The maximum absolute atomic E-state index is 6.16. The molecular formula is C17H23N5S. The second kappa shape index (κ2) is 7.08. The Kier molecular flexibility index (Phi) is 4.91. The molecule has 1 fully saturated rings. The van der Waals surface area contributed by atoms with Gasteiger partial charge in [0, 0.05) is 30.3 Å². The van der Waals surface area contributed by atoms with Gasteiger partial charge in [-0.25, -0.2) is 9.67 Å². The number of nitrogens with two attached hydrogens (primary N) is 1. The number of benzene rings is 1. The molecule has 1 aromatic carbocycles. The zero-order valence-electron chi connectivity index (χ0n) is 13.7. The second-order valence-electron chi connectivity index (χ2n) is 5.74. The van der Waals surface area contributed by atoms with Crippen LogP contribution in [0.2, 0.25) is 0 Å². The number of para-hydroxylation sites is 1. The molecule has 2 aromatic rings. The van der Waals surface area contributed by atoms with Gasteiger partial charge >= 0.3 is 0 Å². The third-order valence-electron chi connectivity index (χ3n) is 3.98. The normalized spacial score (nSPS) is 15.9. The van der Waals surface area contributed by atoms with Gasteiger partial charge in [-0.2, -0.15) is 16.9 Å². The highest BCUT2D eigenvalue weighted by molar-refractivity contribution is 7.99. The van der Waals surface area contributed by atoms with Gasteiger partial charge in [0.15, 0.2) is 5.96 Å². The Morgan fingerprint density at radius 3 is 2.70 bits per heavy atom. The number of rotatable bonds is 3. The Morgan fingerprint density at radius 1 is 1.26 bits per heavy atom. The fourth-order valence-corrected chi connectivity index (χ4v) is 3.69. The molecule has 5 nitrogen and oxygen atoms in total. The van der Waals surface area contributed by atoms with Crippen molar-refractivity contribution >= 4 is 17.7 Å². The first-order chi connectivity index (χ1) is 11.1. The Bertz CT molecular complexity index is 701. The molecule has 2 heterocycles. The Hall–Kier alpha value is -1.95. The highest BCUT2D eigenvalue weighted by atomic mass is 32.2. The van der Waals surface area contributed by atoms with Crippen LogP contribution in [0.1, 0.15) is 17.0 Å². The van der Waals surface area contributed by atoms with E-state index in [9.17, 15) is 0 Å². The van der Waals surface area contributed by atoms with Crippen molar-refractivity contribution in [2.75, 3.05) is 24.6 Å². The van der Waals surface area contributed by atoms with E-state index >= 15 is 0 Å². The van der Waals surface area contributed by atoms with Crippen LogP contribution in [0.25, 0.3) is 5.69 Å². The molecule has 1 aliphatic rings. The number of aromatic nitrogens is 2. The van der Waals surface area contributed by atoms with Crippen molar-refractivity contribution in [3.8, 4) is 5.69 Å². The minimum Gasteiger partial charge on any atom is -0.370 e. The van der Waals surface area contributed by atoms with Gasteiger partial charge in [-0.3, -0.25) is 0 Å². The molecular weight excluding hydrogens is 306 g/mol. The summed E-state index contributed by atoms with van der Waals surface area (Å²) >= 11 is 1.97. The van der Waals surface area contributed by atoms with Crippen molar-refractivity contribution in [3.05, 3.63) is 47.3 Å². The first kappa shape index (κ1) is 15.9. The molecule has 23 heavy (non-hydrogen) atoms. The molecule has 1 aliphatic heterocycles. The minimum absolute atomic E-state index is 0.573. The van der Waals surface area contributed by atoms with Crippen molar-refractivity contribution in [3.63, 3.8) is 0 Å². The summed E-state index contributed by atoms with van der Waals surface area (Å²) in [6.07, 6.45) is 0. The van der Waals surface area contributed by atoms with E-state index in [2.05, 4.69) is 40.1 Å². The first-order valence-corrected chi connectivity index (χ1v) is 9.05. The van der Waals surface area contributed by atoms with E-state index in [1.54, 1.807) is 0 Å². The lowest BCUT2D eigenvalue weighted by molar-refractivity contribution is 0.455. The van der Waals surface area contributed by atoms with Crippen LogP contribution in [-0.2, 0) is 6.54 Å². The van der Waals surface area contributed by atoms with Gasteiger partial charge in [0.25, 0.3) is 0 Å². The molecule has 3 rings (SSSR count). The molecule has 0 aliphatic carbocycles. The van der Waals surface area contributed by atoms with Crippen LogP contribution in [0.15, 0.2) is 35.3 Å². The van der Waals surface area contributed by atoms with Crippen molar-refractivity contribution in [1.82, 2.24) is 14.7 Å². The fourth-order valence-electron chi connectivity index (χ4n) is 2.78. The number of thioether (sulfide) groups is 1. The summed E-state index contributed by atoms with van der Waals surface area (Å²) in [5.74, 6) is 2.89. The monoisotopic (exact) mass is 329 g/mol. The molecule has 0 amide bonds. The van der Waals surface area contributed by atoms with Crippen LogP contribution >= 0.6 is 11.8 Å². The second-order valence-corrected chi connectivity index (χ2v) is 6.97. The molecule has 122 valence electrons. The third-order valence-corrected chi connectivity index (χ3v) is 4.92. The minimum atomic E-state index is 0.573. The van der Waals surface area contributed by atoms with Crippen molar-refractivity contribution in [2.24, 2.45) is 10.7 Å². The maximum atomic E-state index is 6.16. The summed E-state index contributed by atoms with van der Waals surface area (Å²) in [6, 6.07) is 10.3. The van der Waals surface area contributed by atoms with Gasteiger partial charge < -0.3 is 10.6 Å². The van der Waals surface area contributed by atoms with Crippen LogP contribution in [0.3, 0.4) is 0 Å². The van der Waals surface area contributed by atoms with E-state index in [1.807, 2.05) is 35.5 Å². The van der Waals surface area contributed by atoms with Gasteiger partial charge in [-0.1, -0.05) is 18.2 Å². The number of guanidine groups is 1. The zero-order chi connectivity index (χ0) is 16.2. The van der Waals surface area contributed by atoms with E-state index in [4.69, 9.17) is 5.73 Å². The van der Waals surface area contributed by atoms with Crippen LogP contribution in [0.5, 0.6) is 0 Å². The van der Waals surface area contributed by atoms with E-state index in [1.165, 1.54) is 0 Å². The van der Waals surface area contributed by atoms with E-state index < -0.39 is 0 Å². The predicted octanol–water partition coefficient (Wildman–Crippen LogP) is 2.35. The van der Waals surface area contributed by atoms with Gasteiger partial charge in [0.2, 0.25) is 0 Å². The van der Waals surface area contributed by atoms with Crippen LogP contribution in [-0.4, -0.2) is 45.2 Å². The van der Waals surface area contributed by atoms with Gasteiger partial charge in [-0.15, -0.1) is 0 Å². The zero-order valence-corrected chi connectivity index (χ0v) is 14.5. The lowest BCUT2D eigenvalue weighted by Crippen LogP contribution is -2.42. The smallest absolute Gasteiger partial charge is 0.191 e. The van der Waals surface area contributed by atoms with Crippen molar-refractivity contribution in [1.29, 1.82) is 0 Å². The maximum Gasteiger partial charge on any atom is 0.191 e.